The summed E-state index contributed by atoms with van der Waals surface area (Å²) in [4.78, 5) is 2.37. The molecule has 0 aliphatic rings. The first-order valence-electron chi connectivity index (χ1n) is 7.16. The van der Waals surface area contributed by atoms with Crippen LogP contribution < -0.4 is 9.47 Å². The van der Waals surface area contributed by atoms with E-state index in [0.29, 0.717) is 0 Å². The monoisotopic (exact) mass is 299 g/mol. The molecule has 0 atom stereocenters. The van der Waals surface area contributed by atoms with Crippen molar-refractivity contribution in [3.8, 4) is 11.5 Å². The second-order valence-electron chi connectivity index (χ2n) is 4.99. The highest BCUT2D eigenvalue weighted by atomic mass is 35.5. The fraction of sp³-hybridized carbons (Fsp3) is 0.625. The minimum absolute atomic E-state index is 0.773. The lowest BCUT2D eigenvalue weighted by molar-refractivity contribution is 0.328. The van der Waals surface area contributed by atoms with Gasteiger partial charge in [0.15, 0.2) is 11.5 Å². The molecule has 0 saturated heterocycles. The van der Waals surface area contributed by atoms with Crippen LogP contribution in [0.15, 0.2) is 18.2 Å². The maximum absolute atomic E-state index is 5.68. The van der Waals surface area contributed by atoms with Crippen LogP contribution in [-0.2, 0) is 6.42 Å². The molecule has 0 bridgehead atoms. The lowest BCUT2D eigenvalue weighted by Crippen LogP contribution is -2.22. The Morgan fingerprint density at radius 1 is 1.00 bits per heavy atom. The average molecular weight is 300 g/mol. The predicted molar refractivity (Wildman–Crippen MR) is 85.3 cm³/mol. The molecule has 0 heterocycles. The number of ether oxygens (including phenoxy) is 2. The second-order valence-corrected chi connectivity index (χ2v) is 5.37. The molecule has 0 saturated carbocycles. The van der Waals surface area contributed by atoms with Gasteiger partial charge in [0.05, 0.1) is 14.2 Å². The molecule has 0 aliphatic carbocycles. The van der Waals surface area contributed by atoms with Crippen LogP contribution in [0.3, 0.4) is 0 Å². The molecule has 1 aromatic rings. The Bertz CT molecular complexity index is 385. The maximum atomic E-state index is 5.68. The Labute approximate surface area is 127 Å². The van der Waals surface area contributed by atoms with Crippen LogP contribution in [0, 0.1) is 0 Å². The average Bonchev–Trinajstić information content (AvgIpc) is 2.49. The summed E-state index contributed by atoms with van der Waals surface area (Å²) in [5, 5.41) is 0. The Morgan fingerprint density at radius 3 is 2.40 bits per heavy atom. The standard InChI is InChI=1S/C16H26ClNO2/c1-18(11-6-4-5-10-17)12-9-14-7-8-15(19-2)16(13-14)20-3/h7-8,13H,4-6,9-12H2,1-3H3. The van der Waals surface area contributed by atoms with E-state index in [1.807, 2.05) is 6.07 Å². The van der Waals surface area contributed by atoms with Crippen LogP contribution in [0.1, 0.15) is 24.8 Å². The van der Waals surface area contributed by atoms with Gasteiger partial charge >= 0.3 is 0 Å². The molecule has 0 N–H and O–H groups in total. The molecule has 0 unspecified atom stereocenters. The van der Waals surface area contributed by atoms with Crippen LogP contribution in [0.2, 0.25) is 0 Å². The van der Waals surface area contributed by atoms with Crippen LogP contribution in [0.25, 0.3) is 0 Å². The molecule has 114 valence electrons. The van der Waals surface area contributed by atoms with Gasteiger partial charge in [0, 0.05) is 12.4 Å². The molecule has 0 fully saturated rings. The Hall–Kier alpha value is -0.930. The van der Waals surface area contributed by atoms with E-state index in [4.69, 9.17) is 21.1 Å². The van der Waals surface area contributed by atoms with E-state index in [-0.39, 0.29) is 0 Å². The van der Waals surface area contributed by atoms with Gasteiger partial charge < -0.3 is 14.4 Å². The van der Waals surface area contributed by atoms with Crippen molar-refractivity contribution in [3.05, 3.63) is 23.8 Å². The highest BCUT2D eigenvalue weighted by Gasteiger charge is 2.05. The van der Waals surface area contributed by atoms with Gasteiger partial charge in [-0.1, -0.05) is 12.5 Å². The summed E-state index contributed by atoms with van der Waals surface area (Å²) >= 11 is 5.68. The molecule has 0 aliphatic heterocycles. The van der Waals surface area contributed by atoms with Crippen molar-refractivity contribution in [1.82, 2.24) is 4.90 Å². The number of unbranched alkanes of at least 4 members (excludes halogenated alkanes) is 2. The third-order valence-corrected chi connectivity index (χ3v) is 3.67. The maximum Gasteiger partial charge on any atom is 0.160 e. The van der Waals surface area contributed by atoms with Gasteiger partial charge in [-0.05, 0) is 50.6 Å². The first-order valence-corrected chi connectivity index (χ1v) is 7.70. The minimum atomic E-state index is 0.773. The molecule has 3 nitrogen and oxygen atoms in total. The van der Waals surface area contributed by atoms with E-state index in [1.54, 1.807) is 14.2 Å². The van der Waals surface area contributed by atoms with Gasteiger partial charge in [-0.25, -0.2) is 0 Å². The number of hydrogen-bond acceptors (Lipinski definition) is 3. The van der Waals surface area contributed by atoms with E-state index >= 15 is 0 Å². The number of nitrogens with zero attached hydrogens (tertiary/aromatic N) is 1. The SMILES string of the molecule is COc1ccc(CCN(C)CCCCCCl)cc1OC. The molecule has 1 aromatic carbocycles. The Kier molecular flexibility index (Phi) is 8.47. The summed E-state index contributed by atoms with van der Waals surface area (Å²) in [6, 6.07) is 6.12. The fourth-order valence-corrected chi connectivity index (χ4v) is 2.31. The third-order valence-electron chi connectivity index (χ3n) is 3.40. The van der Waals surface area contributed by atoms with Crippen LogP contribution in [0.5, 0.6) is 11.5 Å². The summed E-state index contributed by atoms with van der Waals surface area (Å²) in [5.41, 5.74) is 1.27. The molecule has 4 heteroatoms. The summed E-state index contributed by atoms with van der Waals surface area (Å²) in [5.74, 6) is 2.36. The molecule has 20 heavy (non-hydrogen) atoms. The first kappa shape index (κ1) is 17.1. The zero-order chi connectivity index (χ0) is 14.8. The largest absolute Gasteiger partial charge is 0.493 e. The van der Waals surface area contributed by atoms with Crippen LogP contribution >= 0.6 is 11.6 Å². The smallest absolute Gasteiger partial charge is 0.160 e. The van der Waals surface area contributed by atoms with E-state index in [9.17, 15) is 0 Å². The van der Waals surface area contributed by atoms with Gasteiger partial charge in [-0.2, -0.15) is 0 Å². The highest BCUT2D eigenvalue weighted by molar-refractivity contribution is 6.17. The van der Waals surface area contributed by atoms with E-state index < -0.39 is 0 Å². The molecule has 0 radical (unpaired) electrons. The molecular formula is C16H26ClNO2. The van der Waals surface area contributed by atoms with Crippen molar-refractivity contribution < 1.29 is 9.47 Å². The number of rotatable bonds is 10. The van der Waals surface area contributed by atoms with Crippen molar-refractivity contribution in [2.24, 2.45) is 0 Å². The number of halogens is 1. The molecule has 0 aromatic heterocycles. The zero-order valence-corrected chi connectivity index (χ0v) is 13.6. The third kappa shape index (κ3) is 6.02. The quantitative estimate of drug-likeness (QED) is 0.487. The van der Waals surface area contributed by atoms with Crippen molar-refractivity contribution >= 4 is 11.6 Å². The van der Waals surface area contributed by atoms with Crippen molar-refractivity contribution in [1.29, 1.82) is 0 Å². The zero-order valence-electron chi connectivity index (χ0n) is 12.8. The minimum Gasteiger partial charge on any atom is -0.493 e. The van der Waals surface area contributed by atoms with Gasteiger partial charge in [0.2, 0.25) is 0 Å². The predicted octanol–water partition coefficient (Wildman–Crippen LogP) is 3.59. The van der Waals surface area contributed by atoms with Crippen molar-refractivity contribution in [2.75, 3.05) is 40.2 Å². The molecule has 1 rings (SSSR count). The summed E-state index contributed by atoms with van der Waals surface area (Å²) < 4.78 is 10.6. The topological polar surface area (TPSA) is 21.7 Å². The van der Waals surface area contributed by atoms with E-state index in [0.717, 1.165) is 43.3 Å². The lowest BCUT2D eigenvalue weighted by Gasteiger charge is -2.17. The normalized spacial score (nSPS) is 10.8. The van der Waals surface area contributed by atoms with Gasteiger partial charge in [-0.3, -0.25) is 0 Å². The number of benzene rings is 1. The van der Waals surface area contributed by atoms with Crippen LogP contribution in [0.4, 0.5) is 0 Å². The number of methoxy groups -OCH3 is 2. The molecule has 0 amide bonds. The Balaban J connectivity index is 2.37. The number of hydrogen-bond donors (Lipinski definition) is 0. The second kappa shape index (κ2) is 9.89. The van der Waals surface area contributed by atoms with Crippen molar-refractivity contribution in [3.63, 3.8) is 0 Å². The number of likely N-dealkylation sites (N-methyl/N-ethyl adjacent to an activating group) is 1. The highest BCUT2D eigenvalue weighted by Crippen LogP contribution is 2.27. The Morgan fingerprint density at radius 2 is 1.75 bits per heavy atom. The van der Waals surface area contributed by atoms with Gasteiger partial charge in [-0.15, -0.1) is 11.6 Å². The summed E-state index contributed by atoms with van der Waals surface area (Å²) in [6.07, 6.45) is 4.57. The van der Waals surface area contributed by atoms with E-state index in [2.05, 4.69) is 24.1 Å². The van der Waals surface area contributed by atoms with Gasteiger partial charge in [0.25, 0.3) is 0 Å². The summed E-state index contributed by atoms with van der Waals surface area (Å²) in [6.45, 7) is 2.18. The first-order chi connectivity index (χ1) is 9.71. The van der Waals surface area contributed by atoms with E-state index in [1.165, 1.54) is 18.4 Å². The van der Waals surface area contributed by atoms with Crippen molar-refractivity contribution in [2.45, 2.75) is 25.7 Å². The number of alkyl halides is 1. The fourth-order valence-electron chi connectivity index (χ4n) is 2.12. The summed E-state index contributed by atoms with van der Waals surface area (Å²) in [7, 11) is 5.50. The molecular weight excluding hydrogens is 274 g/mol. The molecule has 0 spiro atoms. The lowest BCUT2D eigenvalue weighted by atomic mass is 10.1. The van der Waals surface area contributed by atoms with Crippen LogP contribution in [-0.4, -0.2) is 45.1 Å². The van der Waals surface area contributed by atoms with Gasteiger partial charge in [0.1, 0.15) is 0 Å².